The molecule has 4 rings (SSSR count). The minimum Gasteiger partial charge on any atom is -0.481 e. The highest BCUT2D eigenvalue weighted by Crippen LogP contribution is 2.22. The van der Waals surface area contributed by atoms with E-state index >= 15 is 0 Å². The molecular weight excluding hydrogens is 744 g/mol. The van der Waals surface area contributed by atoms with Crippen molar-refractivity contribution in [3.8, 4) is 0 Å². The number of nitrogens with two attached hydrogens (primary N) is 1. The van der Waals surface area contributed by atoms with Gasteiger partial charge in [0.15, 0.2) is 0 Å². The Labute approximate surface area is 330 Å². The van der Waals surface area contributed by atoms with Gasteiger partial charge in [-0.3, -0.25) is 28.8 Å². The molecule has 0 spiro atoms. The molecule has 1 fully saturated rings. The fraction of sp³-hybridized carbons (Fsp3) is 0.462. The SMILES string of the molecule is Cc1ccc(CN(C)C(=O)[C@H](CCCNC(N)=O)NC(=O)[C@H](Cc2c[nH]c3ccccc23)NC(=O)[C@@H]2CCCCN2C(=O)[C@H](CCC(=O)O)NC(=O)CCl)cc1. The lowest BCUT2D eigenvalue weighted by Crippen LogP contribution is -2.60. The second-order valence-electron chi connectivity index (χ2n) is 14.0. The van der Waals surface area contributed by atoms with Crippen molar-refractivity contribution in [2.45, 2.75) is 89.0 Å². The summed E-state index contributed by atoms with van der Waals surface area (Å²) in [5.74, 6) is -4.55. The first-order valence-corrected chi connectivity index (χ1v) is 19.2. The van der Waals surface area contributed by atoms with E-state index in [0.717, 1.165) is 27.6 Å². The molecule has 1 aliphatic heterocycles. The number of nitrogens with one attached hydrogen (secondary N) is 5. The van der Waals surface area contributed by atoms with Gasteiger partial charge in [0, 0.05) is 56.6 Å². The van der Waals surface area contributed by atoms with Crippen LogP contribution in [0.5, 0.6) is 0 Å². The fourth-order valence-electron chi connectivity index (χ4n) is 6.78. The molecule has 0 radical (unpaired) electrons. The molecule has 1 aromatic heterocycles. The number of aromatic nitrogens is 1. The molecule has 3 aromatic rings. The smallest absolute Gasteiger partial charge is 0.312 e. The van der Waals surface area contributed by atoms with Crippen molar-refractivity contribution in [3.63, 3.8) is 0 Å². The number of aryl methyl sites for hydroxylation is 1. The van der Waals surface area contributed by atoms with Crippen LogP contribution >= 0.6 is 11.6 Å². The maximum atomic E-state index is 14.3. The maximum Gasteiger partial charge on any atom is 0.312 e. The van der Waals surface area contributed by atoms with E-state index in [2.05, 4.69) is 26.3 Å². The van der Waals surface area contributed by atoms with E-state index in [1.807, 2.05) is 55.5 Å². The minimum absolute atomic E-state index is 0.0264. The van der Waals surface area contributed by atoms with Crippen molar-refractivity contribution >= 4 is 64.0 Å². The molecule has 1 aliphatic rings. The van der Waals surface area contributed by atoms with E-state index in [9.17, 15) is 38.7 Å². The summed E-state index contributed by atoms with van der Waals surface area (Å²) in [6.07, 6.45) is 3.02. The van der Waals surface area contributed by atoms with Crippen LogP contribution in [0.3, 0.4) is 0 Å². The molecule has 16 nitrogen and oxygen atoms in total. The number of halogens is 1. The van der Waals surface area contributed by atoms with Crippen LogP contribution in [0.4, 0.5) is 4.79 Å². The number of carboxylic acid groups (broad SMARTS) is 1. The number of carbonyl (C=O) groups is 7. The molecule has 17 heteroatoms. The summed E-state index contributed by atoms with van der Waals surface area (Å²) in [6, 6.07) is 9.93. The molecule has 1 saturated heterocycles. The highest BCUT2D eigenvalue weighted by molar-refractivity contribution is 6.27. The van der Waals surface area contributed by atoms with Crippen LogP contribution in [0.2, 0.25) is 0 Å². The zero-order valence-electron chi connectivity index (χ0n) is 31.6. The van der Waals surface area contributed by atoms with Crippen molar-refractivity contribution in [3.05, 3.63) is 71.4 Å². The van der Waals surface area contributed by atoms with Crippen molar-refractivity contribution in [2.75, 3.05) is 26.0 Å². The zero-order chi connectivity index (χ0) is 40.8. The number of fused-ring (bicyclic) bond motifs is 1. The zero-order valence-corrected chi connectivity index (χ0v) is 32.4. The first-order valence-electron chi connectivity index (χ1n) is 18.6. The predicted octanol–water partition coefficient (Wildman–Crippen LogP) is 2.07. The van der Waals surface area contributed by atoms with E-state index in [4.69, 9.17) is 17.3 Å². The summed E-state index contributed by atoms with van der Waals surface area (Å²) in [6.45, 7) is 2.56. The molecule has 0 aliphatic carbocycles. The predicted molar refractivity (Wildman–Crippen MR) is 209 cm³/mol. The largest absolute Gasteiger partial charge is 0.481 e. The van der Waals surface area contributed by atoms with Gasteiger partial charge in [-0.25, -0.2) is 4.79 Å². The Morgan fingerprint density at radius 3 is 2.39 bits per heavy atom. The Bertz CT molecular complexity index is 1870. The number of likely N-dealkylation sites (N-methyl/N-ethyl adjacent to an activating group) is 1. The Morgan fingerprint density at radius 2 is 1.70 bits per heavy atom. The maximum absolute atomic E-state index is 14.3. The molecule has 0 saturated carbocycles. The number of piperidine rings is 1. The number of carboxylic acids is 1. The lowest BCUT2D eigenvalue weighted by Gasteiger charge is -2.37. The molecule has 0 bridgehead atoms. The van der Waals surface area contributed by atoms with Gasteiger partial charge in [0.05, 0.1) is 0 Å². The molecular formula is C39H51ClN8O8. The average Bonchev–Trinajstić information content (AvgIpc) is 3.59. The first kappa shape index (κ1) is 43.1. The molecule has 8 N–H and O–H groups in total. The number of para-hydroxylation sites is 1. The third-order valence-corrected chi connectivity index (χ3v) is 9.96. The summed E-state index contributed by atoms with van der Waals surface area (Å²) >= 11 is 5.67. The summed E-state index contributed by atoms with van der Waals surface area (Å²) in [7, 11) is 1.63. The molecule has 2 heterocycles. The van der Waals surface area contributed by atoms with Gasteiger partial charge in [0.25, 0.3) is 0 Å². The Morgan fingerprint density at radius 1 is 0.964 bits per heavy atom. The van der Waals surface area contributed by atoms with E-state index in [-0.39, 0.29) is 51.2 Å². The molecule has 302 valence electrons. The number of hydrogen-bond donors (Lipinski definition) is 7. The number of H-pyrrole nitrogens is 1. The van der Waals surface area contributed by atoms with Crippen molar-refractivity contribution in [2.24, 2.45) is 5.73 Å². The number of rotatable bonds is 19. The Balaban J connectivity index is 1.61. The quantitative estimate of drug-likeness (QED) is 0.0699. The topological polar surface area (TPSA) is 236 Å². The molecule has 0 unspecified atom stereocenters. The number of likely N-dealkylation sites (tertiary alicyclic amines) is 1. The normalized spacial score (nSPS) is 15.6. The Hall–Kier alpha value is -5.64. The van der Waals surface area contributed by atoms with Gasteiger partial charge >= 0.3 is 12.0 Å². The monoisotopic (exact) mass is 794 g/mol. The number of hydrogen-bond acceptors (Lipinski definition) is 7. The average molecular weight is 795 g/mol. The Kier molecular flexibility index (Phi) is 16.1. The van der Waals surface area contributed by atoms with E-state index in [1.54, 1.807) is 13.2 Å². The minimum atomic E-state index is -1.23. The van der Waals surface area contributed by atoms with Crippen LogP contribution in [0.25, 0.3) is 10.9 Å². The summed E-state index contributed by atoms with van der Waals surface area (Å²) in [4.78, 5) is 97.2. The summed E-state index contributed by atoms with van der Waals surface area (Å²) in [5, 5.41) is 20.8. The lowest BCUT2D eigenvalue weighted by molar-refractivity contribution is -0.146. The molecule has 2 aromatic carbocycles. The van der Waals surface area contributed by atoms with Gasteiger partial charge in [0.2, 0.25) is 29.5 Å². The van der Waals surface area contributed by atoms with Crippen LogP contribution < -0.4 is 27.0 Å². The van der Waals surface area contributed by atoms with E-state index in [0.29, 0.717) is 19.3 Å². The van der Waals surface area contributed by atoms with E-state index < -0.39 is 72.1 Å². The number of aliphatic carboxylic acids is 1. The van der Waals surface area contributed by atoms with Gasteiger partial charge in [-0.05, 0) is 62.6 Å². The standard InChI is InChI=1S/C39H51ClN8O8/c1-24-12-14-25(15-13-24)23-47(2)37(54)29(10-7-18-42-39(41)56)45-35(52)31(20-26-22-43-28-9-4-3-8-27(26)28)46-36(53)32-11-5-6-19-48(32)38(55)30(16-17-34(50)51)44-33(49)21-40/h3-4,8-9,12-15,22,29-32,43H,5-7,10-11,16-21,23H2,1-2H3,(H,44,49)(H,45,52)(H,46,53)(H,50,51)(H3,41,42,56)/t29-,30-,31-,32-/m0/s1. The number of amides is 7. The van der Waals surface area contributed by atoms with Gasteiger partial charge in [-0.2, -0.15) is 0 Å². The molecule has 4 atom stereocenters. The highest BCUT2D eigenvalue weighted by Gasteiger charge is 2.38. The van der Waals surface area contributed by atoms with Gasteiger partial charge in [-0.1, -0.05) is 48.0 Å². The van der Waals surface area contributed by atoms with Crippen LogP contribution in [-0.2, 0) is 41.7 Å². The third kappa shape index (κ3) is 12.4. The number of nitrogens with zero attached hydrogens (tertiary/aromatic N) is 2. The van der Waals surface area contributed by atoms with Crippen LogP contribution in [-0.4, -0.2) is 112 Å². The second-order valence-corrected chi connectivity index (χ2v) is 14.3. The second kappa shape index (κ2) is 20.9. The number of primary amides is 1. The van der Waals surface area contributed by atoms with Gasteiger partial charge < -0.3 is 46.9 Å². The lowest BCUT2D eigenvalue weighted by atomic mass is 9.97. The summed E-state index contributed by atoms with van der Waals surface area (Å²) in [5.41, 5.74) is 8.72. The number of urea groups is 1. The van der Waals surface area contributed by atoms with Crippen LogP contribution in [0.1, 0.15) is 61.6 Å². The fourth-order valence-corrected chi connectivity index (χ4v) is 6.86. The van der Waals surface area contributed by atoms with E-state index in [1.165, 1.54) is 9.80 Å². The summed E-state index contributed by atoms with van der Waals surface area (Å²) < 4.78 is 0. The number of alkyl halides is 1. The van der Waals surface area contributed by atoms with Crippen LogP contribution in [0, 0.1) is 6.92 Å². The highest BCUT2D eigenvalue weighted by atomic mass is 35.5. The van der Waals surface area contributed by atoms with Crippen molar-refractivity contribution < 1.29 is 38.7 Å². The molecule has 7 amide bonds. The van der Waals surface area contributed by atoms with Crippen molar-refractivity contribution in [1.82, 2.24) is 36.1 Å². The number of carbonyl (C=O) groups excluding carboxylic acids is 6. The van der Waals surface area contributed by atoms with Gasteiger partial charge in [0.1, 0.15) is 30.0 Å². The number of benzene rings is 2. The molecule has 56 heavy (non-hydrogen) atoms. The third-order valence-electron chi connectivity index (χ3n) is 9.72. The van der Waals surface area contributed by atoms with Crippen LogP contribution in [0.15, 0.2) is 54.7 Å². The first-order chi connectivity index (χ1) is 26.8. The van der Waals surface area contributed by atoms with Gasteiger partial charge in [-0.15, -0.1) is 11.6 Å². The number of aromatic amines is 1. The van der Waals surface area contributed by atoms with Crippen molar-refractivity contribution in [1.29, 1.82) is 0 Å².